The van der Waals surface area contributed by atoms with Gasteiger partial charge in [0.25, 0.3) is 0 Å². The molecule has 0 bridgehead atoms. The molecule has 0 unspecified atom stereocenters. The molecule has 0 atom stereocenters. The summed E-state index contributed by atoms with van der Waals surface area (Å²) >= 11 is 1.79. The topological polar surface area (TPSA) is 51.8 Å². The number of nitrogens with zero attached hydrogens (tertiary/aromatic N) is 3. The van der Waals surface area contributed by atoms with Gasteiger partial charge in [0.05, 0.1) is 0 Å². The van der Waals surface area contributed by atoms with Crippen LogP contribution in [0.5, 0.6) is 0 Å². The highest BCUT2D eigenvalue weighted by Crippen LogP contribution is 2.38. The van der Waals surface area contributed by atoms with Gasteiger partial charge in [0, 0.05) is 53.2 Å². The maximum absolute atomic E-state index is 6.34. The molecule has 10 rings (SSSR count). The molecule has 0 aliphatic carbocycles. The third kappa shape index (κ3) is 4.87. The lowest BCUT2D eigenvalue weighted by atomic mass is 10.0. The normalized spacial score (nSPS) is 11.6. The summed E-state index contributed by atoms with van der Waals surface area (Å²) in [6, 6.07) is 56.8. The summed E-state index contributed by atoms with van der Waals surface area (Å²) < 4.78 is 8.82. The Bertz CT molecular complexity index is 2870. The van der Waals surface area contributed by atoms with Crippen LogP contribution in [0, 0.1) is 0 Å². The highest BCUT2D eigenvalue weighted by molar-refractivity contribution is 7.25. The number of thiophene rings is 1. The second-order valence-corrected chi connectivity index (χ2v) is 13.5. The number of rotatable bonds is 5. The maximum atomic E-state index is 6.34. The van der Waals surface area contributed by atoms with Crippen LogP contribution < -0.4 is 0 Å². The van der Waals surface area contributed by atoms with Crippen molar-refractivity contribution >= 4 is 53.4 Å². The molecule has 0 saturated heterocycles. The minimum absolute atomic E-state index is 0.625. The van der Waals surface area contributed by atoms with Crippen molar-refractivity contribution < 1.29 is 4.42 Å². The van der Waals surface area contributed by atoms with Crippen molar-refractivity contribution in [1.29, 1.82) is 0 Å². The zero-order chi connectivity index (χ0) is 33.0. The number of furan rings is 1. The second kappa shape index (κ2) is 11.6. The van der Waals surface area contributed by atoms with E-state index in [4.69, 9.17) is 19.4 Å². The van der Waals surface area contributed by atoms with Crippen LogP contribution in [-0.4, -0.2) is 15.0 Å². The van der Waals surface area contributed by atoms with E-state index in [2.05, 4.69) is 146 Å². The van der Waals surface area contributed by atoms with Gasteiger partial charge < -0.3 is 4.42 Å². The highest BCUT2D eigenvalue weighted by atomic mass is 32.1. The fourth-order valence-corrected chi connectivity index (χ4v) is 8.02. The highest BCUT2D eigenvalue weighted by Gasteiger charge is 2.16. The first-order chi connectivity index (χ1) is 24.7. The molecule has 234 valence electrons. The van der Waals surface area contributed by atoms with E-state index in [1.807, 2.05) is 18.2 Å². The summed E-state index contributed by atoms with van der Waals surface area (Å²) in [5, 5.41) is 4.75. The van der Waals surface area contributed by atoms with E-state index in [1.54, 1.807) is 11.3 Å². The molecule has 0 aliphatic heterocycles. The van der Waals surface area contributed by atoms with Gasteiger partial charge in [-0.3, -0.25) is 0 Å². The van der Waals surface area contributed by atoms with Gasteiger partial charge in [-0.1, -0.05) is 140 Å². The minimum Gasteiger partial charge on any atom is -0.455 e. The van der Waals surface area contributed by atoms with Crippen LogP contribution in [0.15, 0.2) is 168 Å². The standard InChI is InChI=1S/C45H27N3OS/c1-2-10-28(11-3-1)31-12-8-13-32(26-31)44-46-43(47-45(48-44)33-24-25-37-36-15-5-7-19-40(36)50-41(37)27-33)30-22-20-29(21-23-30)34-16-9-17-38-35-14-4-6-18-39(35)49-42(34)38/h1-27H. The number of hydrogen-bond acceptors (Lipinski definition) is 5. The fraction of sp³-hybridized carbons (Fsp3) is 0. The molecule has 4 nitrogen and oxygen atoms in total. The van der Waals surface area contributed by atoms with E-state index in [0.717, 1.165) is 60.9 Å². The largest absolute Gasteiger partial charge is 0.455 e. The monoisotopic (exact) mass is 657 g/mol. The molecule has 50 heavy (non-hydrogen) atoms. The van der Waals surface area contributed by atoms with E-state index in [9.17, 15) is 0 Å². The summed E-state index contributed by atoms with van der Waals surface area (Å²) in [7, 11) is 0. The van der Waals surface area contributed by atoms with Crippen LogP contribution in [-0.2, 0) is 0 Å². The smallest absolute Gasteiger partial charge is 0.164 e. The Balaban J connectivity index is 1.10. The van der Waals surface area contributed by atoms with Gasteiger partial charge in [-0.2, -0.15) is 0 Å². The predicted molar refractivity (Wildman–Crippen MR) is 207 cm³/mol. The Morgan fingerprint density at radius 2 is 0.940 bits per heavy atom. The van der Waals surface area contributed by atoms with Crippen molar-refractivity contribution in [3.8, 4) is 56.4 Å². The van der Waals surface area contributed by atoms with Crippen molar-refractivity contribution in [2.45, 2.75) is 0 Å². The van der Waals surface area contributed by atoms with Crippen LogP contribution in [0.2, 0.25) is 0 Å². The Kier molecular flexibility index (Phi) is 6.64. The van der Waals surface area contributed by atoms with Crippen LogP contribution in [0.4, 0.5) is 0 Å². The van der Waals surface area contributed by atoms with Crippen molar-refractivity contribution in [3.05, 3.63) is 164 Å². The SMILES string of the molecule is c1ccc(-c2cccc(-c3nc(-c4ccc(-c5cccc6c5oc5ccccc56)cc4)nc(-c4ccc5c(c4)sc4ccccc45)n3)c2)cc1. The number of para-hydroxylation sites is 2. The molecule has 0 saturated carbocycles. The Morgan fingerprint density at radius 3 is 1.78 bits per heavy atom. The molecule has 0 spiro atoms. The zero-order valence-corrected chi connectivity index (χ0v) is 27.6. The summed E-state index contributed by atoms with van der Waals surface area (Å²) in [6.07, 6.45) is 0. The maximum Gasteiger partial charge on any atom is 0.164 e. The lowest BCUT2D eigenvalue weighted by Gasteiger charge is -2.10. The number of fused-ring (bicyclic) bond motifs is 6. The second-order valence-electron chi connectivity index (χ2n) is 12.4. The van der Waals surface area contributed by atoms with E-state index in [-0.39, 0.29) is 0 Å². The van der Waals surface area contributed by atoms with Crippen molar-refractivity contribution in [1.82, 2.24) is 15.0 Å². The lowest BCUT2D eigenvalue weighted by Crippen LogP contribution is -2.00. The summed E-state index contributed by atoms with van der Waals surface area (Å²) in [5.41, 5.74) is 8.97. The van der Waals surface area contributed by atoms with E-state index in [1.165, 1.54) is 20.2 Å². The quantitative estimate of drug-likeness (QED) is 0.185. The number of hydrogen-bond donors (Lipinski definition) is 0. The number of benzene rings is 7. The third-order valence-electron chi connectivity index (χ3n) is 9.36. The van der Waals surface area contributed by atoms with Crippen LogP contribution in [0.3, 0.4) is 0 Å². The molecule has 3 heterocycles. The first kappa shape index (κ1) is 28.6. The summed E-state index contributed by atoms with van der Waals surface area (Å²) in [5.74, 6) is 1.90. The lowest BCUT2D eigenvalue weighted by molar-refractivity contribution is 0.670. The molecule has 0 N–H and O–H groups in total. The molecule has 0 amide bonds. The summed E-state index contributed by atoms with van der Waals surface area (Å²) in [4.78, 5) is 15.2. The molecule has 5 heteroatoms. The van der Waals surface area contributed by atoms with Gasteiger partial charge >= 0.3 is 0 Å². The Hall–Kier alpha value is -6.43. The molecule has 10 aromatic rings. The van der Waals surface area contributed by atoms with Gasteiger partial charge in [0.2, 0.25) is 0 Å². The molecule has 0 aliphatic rings. The molecule has 0 radical (unpaired) electrons. The van der Waals surface area contributed by atoms with Crippen LogP contribution in [0.25, 0.3) is 98.5 Å². The minimum atomic E-state index is 0.625. The molecule has 7 aromatic carbocycles. The van der Waals surface area contributed by atoms with Crippen molar-refractivity contribution in [2.75, 3.05) is 0 Å². The molecule has 3 aromatic heterocycles. The van der Waals surface area contributed by atoms with Gasteiger partial charge in [-0.25, -0.2) is 15.0 Å². The van der Waals surface area contributed by atoms with Gasteiger partial charge in [-0.15, -0.1) is 11.3 Å². The average Bonchev–Trinajstić information content (AvgIpc) is 3.76. The molecular formula is C45H27N3OS. The molecular weight excluding hydrogens is 631 g/mol. The average molecular weight is 658 g/mol. The van der Waals surface area contributed by atoms with E-state index < -0.39 is 0 Å². The Morgan fingerprint density at radius 1 is 0.360 bits per heavy atom. The fourth-order valence-electron chi connectivity index (χ4n) is 6.87. The molecule has 0 fully saturated rings. The van der Waals surface area contributed by atoms with E-state index >= 15 is 0 Å². The third-order valence-corrected chi connectivity index (χ3v) is 10.5. The Labute approximate surface area is 292 Å². The van der Waals surface area contributed by atoms with Gasteiger partial charge in [0.1, 0.15) is 11.2 Å². The number of aromatic nitrogens is 3. The van der Waals surface area contributed by atoms with Gasteiger partial charge in [-0.05, 0) is 41.0 Å². The van der Waals surface area contributed by atoms with Gasteiger partial charge in [0.15, 0.2) is 17.5 Å². The predicted octanol–water partition coefficient (Wildman–Crippen LogP) is 12.5. The van der Waals surface area contributed by atoms with Crippen LogP contribution in [0.1, 0.15) is 0 Å². The van der Waals surface area contributed by atoms with Crippen molar-refractivity contribution in [2.24, 2.45) is 0 Å². The van der Waals surface area contributed by atoms with E-state index in [0.29, 0.717) is 17.5 Å². The first-order valence-electron chi connectivity index (χ1n) is 16.6. The van der Waals surface area contributed by atoms with Crippen molar-refractivity contribution in [3.63, 3.8) is 0 Å². The van der Waals surface area contributed by atoms with Crippen LogP contribution >= 0.6 is 11.3 Å². The first-order valence-corrected chi connectivity index (χ1v) is 17.4. The summed E-state index contributed by atoms with van der Waals surface area (Å²) in [6.45, 7) is 0. The zero-order valence-electron chi connectivity index (χ0n) is 26.7.